The Morgan fingerprint density at radius 1 is 1.47 bits per heavy atom. The highest BCUT2D eigenvalue weighted by Gasteiger charge is 2.04. The molecule has 15 heavy (non-hydrogen) atoms. The molecule has 0 saturated carbocycles. The number of rotatable bonds is 2. The van der Waals surface area contributed by atoms with Gasteiger partial charge in [0.15, 0.2) is 5.78 Å². The van der Waals surface area contributed by atoms with E-state index in [2.05, 4.69) is 5.10 Å². The van der Waals surface area contributed by atoms with Crippen molar-refractivity contribution in [3.05, 3.63) is 47.2 Å². The maximum absolute atomic E-state index is 11.1. The zero-order valence-corrected chi connectivity index (χ0v) is 8.90. The van der Waals surface area contributed by atoms with Crippen molar-refractivity contribution in [2.75, 3.05) is 0 Å². The number of ketones is 1. The molecule has 1 heterocycles. The Labute approximate surface area is 92.3 Å². The summed E-state index contributed by atoms with van der Waals surface area (Å²) in [5, 5.41) is 4.73. The van der Waals surface area contributed by atoms with Crippen molar-refractivity contribution in [3.63, 3.8) is 0 Å². The summed E-state index contributed by atoms with van der Waals surface area (Å²) in [4.78, 5) is 11.1. The van der Waals surface area contributed by atoms with Crippen molar-refractivity contribution >= 4 is 17.4 Å². The summed E-state index contributed by atoms with van der Waals surface area (Å²) in [7, 11) is 0. The Kier molecular flexibility index (Phi) is 2.56. The molecule has 0 aliphatic rings. The van der Waals surface area contributed by atoms with Crippen LogP contribution in [0.2, 0.25) is 5.02 Å². The molecule has 4 heteroatoms. The maximum atomic E-state index is 11.1. The molecule has 3 nitrogen and oxygen atoms in total. The van der Waals surface area contributed by atoms with Crippen LogP contribution in [0.4, 0.5) is 0 Å². The van der Waals surface area contributed by atoms with Crippen molar-refractivity contribution < 1.29 is 4.79 Å². The SMILES string of the molecule is CC(=O)c1cnn(-c2cccc(Cl)c2)c1. The third-order valence-corrected chi connectivity index (χ3v) is 2.30. The second-order valence-electron chi connectivity index (χ2n) is 3.21. The first-order valence-electron chi connectivity index (χ1n) is 4.48. The van der Waals surface area contributed by atoms with Crippen LogP contribution < -0.4 is 0 Å². The second kappa shape index (κ2) is 3.87. The molecule has 0 aliphatic carbocycles. The van der Waals surface area contributed by atoms with Crippen molar-refractivity contribution in [2.24, 2.45) is 0 Å². The molecule has 0 fully saturated rings. The van der Waals surface area contributed by atoms with Crippen LogP contribution in [0.3, 0.4) is 0 Å². The van der Waals surface area contributed by atoms with Gasteiger partial charge in [-0.2, -0.15) is 5.10 Å². The zero-order chi connectivity index (χ0) is 10.8. The summed E-state index contributed by atoms with van der Waals surface area (Å²) in [6.07, 6.45) is 3.23. The van der Waals surface area contributed by atoms with Crippen LogP contribution in [0.15, 0.2) is 36.7 Å². The van der Waals surface area contributed by atoms with Gasteiger partial charge in [-0.1, -0.05) is 17.7 Å². The van der Waals surface area contributed by atoms with E-state index < -0.39 is 0 Å². The minimum atomic E-state index is 0.00304. The largest absolute Gasteiger partial charge is 0.294 e. The highest BCUT2D eigenvalue weighted by atomic mass is 35.5. The molecule has 0 saturated heterocycles. The van der Waals surface area contributed by atoms with Crippen molar-refractivity contribution in [1.82, 2.24) is 9.78 Å². The number of halogens is 1. The molecule has 2 aromatic rings. The van der Waals surface area contributed by atoms with Gasteiger partial charge in [-0.25, -0.2) is 4.68 Å². The van der Waals surface area contributed by atoms with E-state index in [1.165, 1.54) is 6.92 Å². The summed E-state index contributed by atoms with van der Waals surface area (Å²) < 4.78 is 1.63. The van der Waals surface area contributed by atoms with Crippen LogP contribution in [0.1, 0.15) is 17.3 Å². The summed E-state index contributed by atoms with van der Waals surface area (Å²) in [5.41, 5.74) is 1.44. The number of carbonyl (C=O) groups excluding carboxylic acids is 1. The monoisotopic (exact) mass is 220 g/mol. The zero-order valence-electron chi connectivity index (χ0n) is 8.14. The average Bonchev–Trinajstić information content (AvgIpc) is 2.66. The van der Waals surface area contributed by atoms with Crippen molar-refractivity contribution in [1.29, 1.82) is 0 Å². The first kappa shape index (κ1) is 9.93. The molecule has 1 aromatic heterocycles. The minimum absolute atomic E-state index is 0.00304. The van der Waals surface area contributed by atoms with E-state index in [9.17, 15) is 4.79 Å². The van der Waals surface area contributed by atoms with E-state index in [0.29, 0.717) is 10.6 Å². The van der Waals surface area contributed by atoms with E-state index in [1.807, 2.05) is 12.1 Å². The number of hydrogen-bond acceptors (Lipinski definition) is 2. The lowest BCUT2D eigenvalue weighted by Gasteiger charge is -2.00. The normalized spacial score (nSPS) is 10.3. The topological polar surface area (TPSA) is 34.9 Å². The quantitative estimate of drug-likeness (QED) is 0.730. The number of Topliss-reactive ketones (excluding diaryl/α,β-unsaturated/α-hetero) is 1. The molecule has 0 amide bonds. The number of benzene rings is 1. The molecule has 0 spiro atoms. The lowest BCUT2D eigenvalue weighted by atomic mass is 10.2. The molecule has 1 aromatic carbocycles. The standard InChI is InChI=1S/C11H9ClN2O/c1-8(15)9-6-13-14(7-9)11-4-2-3-10(12)5-11/h2-7H,1H3. The van der Waals surface area contributed by atoms with Crippen LogP contribution in [-0.4, -0.2) is 15.6 Å². The first-order chi connectivity index (χ1) is 7.16. The first-order valence-corrected chi connectivity index (χ1v) is 4.86. The molecule has 2 rings (SSSR count). The lowest BCUT2D eigenvalue weighted by molar-refractivity contribution is 0.101. The van der Waals surface area contributed by atoms with E-state index in [4.69, 9.17) is 11.6 Å². The van der Waals surface area contributed by atoms with E-state index >= 15 is 0 Å². The Hall–Kier alpha value is -1.61. The van der Waals surface area contributed by atoms with Crippen LogP contribution in [-0.2, 0) is 0 Å². The summed E-state index contributed by atoms with van der Waals surface area (Å²) in [6.45, 7) is 1.51. The molecule has 0 N–H and O–H groups in total. The molecule has 0 radical (unpaired) electrons. The minimum Gasteiger partial charge on any atom is -0.294 e. The van der Waals surface area contributed by atoms with Gasteiger partial charge in [-0.15, -0.1) is 0 Å². The molecule has 0 atom stereocenters. The van der Waals surface area contributed by atoms with Gasteiger partial charge in [0.25, 0.3) is 0 Å². The van der Waals surface area contributed by atoms with Gasteiger partial charge in [0.1, 0.15) is 0 Å². The summed E-state index contributed by atoms with van der Waals surface area (Å²) in [6, 6.07) is 7.30. The van der Waals surface area contributed by atoms with Gasteiger partial charge in [-0.05, 0) is 25.1 Å². The number of aromatic nitrogens is 2. The highest BCUT2D eigenvalue weighted by Crippen LogP contribution is 2.14. The molecule has 0 aliphatic heterocycles. The maximum Gasteiger partial charge on any atom is 0.162 e. The number of carbonyl (C=O) groups is 1. The molecule has 76 valence electrons. The Balaban J connectivity index is 2.41. The van der Waals surface area contributed by atoms with Crippen LogP contribution >= 0.6 is 11.6 Å². The summed E-state index contributed by atoms with van der Waals surface area (Å²) >= 11 is 5.86. The van der Waals surface area contributed by atoms with Crippen molar-refractivity contribution in [3.8, 4) is 5.69 Å². The van der Waals surface area contributed by atoms with Crippen LogP contribution in [0, 0.1) is 0 Å². The Morgan fingerprint density at radius 3 is 2.87 bits per heavy atom. The molecular weight excluding hydrogens is 212 g/mol. The lowest BCUT2D eigenvalue weighted by Crippen LogP contribution is -1.94. The van der Waals surface area contributed by atoms with Crippen LogP contribution in [0.5, 0.6) is 0 Å². The van der Waals surface area contributed by atoms with Crippen molar-refractivity contribution in [2.45, 2.75) is 6.92 Å². The van der Waals surface area contributed by atoms with E-state index in [-0.39, 0.29) is 5.78 Å². The summed E-state index contributed by atoms with van der Waals surface area (Å²) in [5.74, 6) is 0.00304. The van der Waals surface area contributed by atoms with Gasteiger partial charge in [-0.3, -0.25) is 4.79 Å². The third-order valence-electron chi connectivity index (χ3n) is 2.06. The number of hydrogen-bond donors (Lipinski definition) is 0. The van der Waals surface area contributed by atoms with Gasteiger partial charge >= 0.3 is 0 Å². The predicted octanol–water partition coefficient (Wildman–Crippen LogP) is 2.73. The fourth-order valence-electron chi connectivity index (χ4n) is 1.26. The van der Waals surface area contributed by atoms with Gasteiger partial charge in [0.05, 0.1) is 17.4 Å². The van der Waals surface area contributed by atoms with E-state index in [1.54, 1.807) is 29.2 Å². The predicted molar refractivity (Wildman–Crippen MR) is 58.6 cm³/mol. The fourth-order valence-corrected chi connectivity index (χ4v) is 1.45. The second-order valence-corrected chi connectivity index (χ2v) is 3.65. The van der Waals surface area contributed by atoms with E-state index in [0.717, 1.165) is 5.69 Å². The smallest absolute Gasteiger partial charge is 0.162 e. The number of nitrogens with zero attached hydrogens (tertiary/aromatic N) is 2. The Morgan fingerprint density at radius 2 is 2.27 bits per heavy atom. The van der Waals surface area contributed by atoms with Gasteiger partial charge < -0.3 is 0 Å². The van der Waals surface area contributed by atoms with Gasteiger partial charge in [0, 0.05) is 11.2 Å². The molecule has 0 bridgehead atoms. The Bertz CT molecular complexity index is 505. The van der Waals surface area contributed by atoms with Gasteiger partial charge in [0.2, 0.25) is 0 Å². The average molecular weight is 221 g/mol. The third kappa shape index (κ3) is 2.07. The molecule has 0 unspecified atom stereocenters. The van der Waals surface area contributed by atoms with Crippen LogP contribution in [0.25, 0.3) is 5.69 Å². The molecular formula is C11H9ClN2O. The highest BCUT2D eigenvalue weighted by molar-refractivity contribution is 6.30. The fraction of sp³-hybridized carbons (Fsp3) is 0.0909.